The molecule has 0 saturated carbocycles. The monoisotopic (exact) mass is 269 g/mol. The molecule has 1 unspecified atom stereocenters. The summed E-state index contributed by atoms with van der Waals surface area (Å²) in [7, 11) is 7.09. The number of carboxylic acid groups (broad SMARTS) is 1. The number of halogens is 1. The summed E-state index contributed by atoms with van der Waals surface area (Å²) >= 11 is 0. The highest BCUT2D eigenvalue weighted by Crippen LogP contribution is 2.05. The maximum absolute atomic E-state index is 11.2. The van der Waals surface area contributed by atoms with Crippen molar-refractivity contribution in [3.63, 3.8) is 0 Å². The Morgan fingerprint density at radius 3 is 2.18 bits per heavy atom. The Morgan fingerprint density at radius 1 is 1.29 bits per heavy atom. The van der Waals surface area contributed by atoms with E-state index >= 15 is 0 Å². The van der Waals surface area contributed by atoms with Crippen LogP contribution in [0, 0.1) is 0 Å². The number of nitrogens with zero attached hydrogens (tertiary/aromatic N) is 1. The van der Waals surface area contributed by atoms with Crippen molar-refractivity contribution in [2.24, 2.45) is 0 Å². The van der Waals surface area contributed by atoms with Gasteiger partial charge in [0.25, 0.3) is 0 Å². The van der Waals surface area contributed by atoms with Gasteiger partial charge in [0, 0.05) is 7.11 Å². The van der Waals surface area contributed by atoms with E-state index in [9.17, 15) is 9.59 Å². The van der Waals surface area contributed by atoms with Crippen LogP contribution in [0.3, 0.4) is 0 Å². The van der Waals surface area contributed by atoms with E-state index in [0.29, 0.717) is 11.0 Å². The fourth-order valence-electron chi connectivity index (χ4n) is 1.29. The van der Waals surface area contributed by atoms with Crippen molar-refractivity contribution in [2.75, 3.05) is 41.4 Å². The summed E-state index contributed by atoms with van der Waals surface area (Å²) in [5.74, 6) is -1.52. The van der Waals surface area contributed by atoms with Gasteiger partial charge in [0.1, 0.15) is 13.2 Å². The molecule has 17 heavy (non-hydrogen) atoms. The van der Waals surface area contributed by atoms with Gasteiger partial charge in [-0.05, 0) is 0 Å². The quantitative estimate of drug-likeness (QED) is 0.388. The van der Waals surface area contributed by atoms with Gasteiger partial charge < -0.3 is 31.5 Å². The zero-order chi connectivity index (χ0) is 12.8. The van der Waals surface area contributed by atoms with Crippen LogP contribution in [0.25, 0.3) is 0 Å². The number of carbonyl (C=O) groups excluding carboxylic acids is 1. The molecule has 0 amide bonds. The van der Waals surface area contributed by atoms with Crippen LogP contribution < -0.4 is 12.4 Å². The van der Waals surface area contributed by atoms with Gasteiger partial charge in [0.15, 0.2) is 6.10 Å². The second-order valence-corrected chi connectivity index (χ2v) is 4.62. The molecule has 7 heteroatoms. The Bertz CT molecular complexity index is 252. The summed E-state index contributed by atoms with van der Waals surface area (Å²) in [6.07, 6.45) is -0.814. The van der Waals surface area contributed by atoms with Crippen molar-refractivity contribution in [3.8, 4) is 0 Å². The normalized spacial score (nSPS) is 12.5. The van der Waals surface area contributed by atoms with E-state index in [1.54, 1.807) is 0 Å². The van der Waals surface area contributed by atoms with Gasteiger partial charge >= 0.3 is 11.9 Å². The van der Waals surface area contributed by atoms with Crippen LogP contribution in [0.5, 0.6) is 0 Å². The Balaban J connectivity index is 0. The number of quaternary nitrogens is 1. The maximum Gasteiger partial charge on any atom is 0.332 e. The third-order valence-corrected chi connectivity index (χ3v) is 1.71. The number of hydrogen-bond donors (Lipinski definition) is 1. The summed E-state index contributed by atoms with van der Waals surface area (Å²) in [5.41, 5.74) is 0. The van der Waals surface area contributed by atoms with Crippen LogP contribution in [-0.4, -0.2) is 69.0 Å². The number of hydrogen-bond acceptors (Lipinski definition) is 4. The van der Waals surface area contributed by atoms with Crippen LogP contribution >= 0.6 is 0 Å². The molecule has 1 atom stereocenters. The Morgan fingerprint density at radius 2 is 1.82 bits per heavy atom. The summed E-state index contributed by atoms with van der Waals surface area (Å²) in [6, 6.07) is 0. The molecule has 0 aromatic rings. The molecule has 0 radical (unpaired) electrons. The van der Waals surface area contributed by atoms with Crippen molar-refractivity contribution < 1.29 is 41.1 Å². The molecule has 0 aliphatic rings. The van der Waals surface area contributed by atoms with Crippen LogP contribution in [0.15, 0.2) is 0 Å². The molecular weight excluding hydrogens is 250 g/mol. The van der Waals surface area contributed by atoms with Gasteiger partial charge in [-0.1, -0.05) is 0 Å². The third kappa shape index (κ3) is 11.4. The standard InChI is InChI=1S/C10H19NO5.ClH/c1-11(2,3)6-8(5-9(12)13)16-10(14)7-15-4;/h8H,5-7H2,1-4H3;1H. The fraction of sp³-hybridized carbons (Fsp3) is 0.800. The smallest absolute Gasteiger partial charge is 0.332 e. The van der Waals surface area contributed by atoms with E-state index in [0.717, 1.165) is 0 Å². The number of carbonyl (C=O) groups is 2. The topological polar surface area (TPSA) is 72.8 Å². The number of ether oxygens (including phenoxy) is 2. The predicted octanol–water partition coefficient (Wildman–Crippen LogP) is -3.27. The first-order chi connectivity index (χ1) is 7.24. The lowest BCUT2D eigenvalue weighted by Gasteiger charge is -2.28. The van der Waals surface area contributed by atoms with Crippen LogP contribution in [-0.2, 0) is 19.1 Å². The largest absolute Gasteiger partial charge is 1.00 e. The van der Waals surface area contributed by atoms with Crippen molar-refractivity contribution in [1.82, 2.24) is 0 Å². The molecule has 0 aromatic heterocycles. The lowest BCUT2D eigenvalue weighted by molar-refractivity contribution is -0.873. The summed E-state index contributed by atoms with van der Waals surface area (Å²) in [4.78, 5) is 21.8. The van der Waals surface area contributed by atoms with Crippen LogP contribution in [0.2, 0.25) is 0 Å². The van der Waals surface area contributed by atoms with Crippen molar-refractivity contribution in [1.29, 1.82) is 0 Å². The van der Waals surface area contributed by atoms with Crippen LogP contribution in [0.1, 0.15) is 6.42 Å². The molecule has 0 spiro atoms. The number of rotatable bonds is 7. The van der Waals surface area contributed by atoms with Gasteiger partial charge in [0.2, 0.25) is 0 Å². The molecule has 0 aliphatic heterocycles. The average molecular weight is 270 g/mol. The lowest BCUT2D eigenvalue weighted by Crippen LogP contribution is -3.00. The van der Waals surface area contributed by atoms with E-state index in [1.807, 2.05) is 21.1 Å². The SMILES string of the molecule is COCC(=O)OC(CC(=O)O)C[N+](C)(C)C.[Cl-]. The first-order valence-corrected chi connectivity index (χ1v) is 4.95. The fourth-order valence-corrected chi connectivity index (χ4v) is 1.29. The minimum Gasteiger partial charge on any atom is -1.00 e. The minimum absolute atomic E-state index is 0. The van der Waals surface area contributed by atoms with Gasteiger partial charge in [-0.15, -0.1) is 0 Å². The molecular formula is C10H20ClNO5. The summed E-state index contributed by atoms with van der Waals surface area (Å²) in [5, 5.41) is 8.69. The van der Waals surface area contributed by atoms with E-state index in [-0.39, 0.29) is 25.4 Å². The van der Waals surface area contributed by atoms with E-state index in [1.165, 1.54) is 7.11 Å². The van der Waals surface area contributed by atoms with Gasteiger partial charge in [-0.3, -0.25) is 4.79 Å². The van der Waals surface area contributed by atoms with Crippen molar-refractivity contribution in [2.45, 2.75) is 12.5 Å². The van der Waals surface area contributed by atoms with E-state index < -0.39 is 18.0 Å². The predicted molar refractivity (Wildman–Crippen MR) is 56.9 cm³/mol. The molecule has 0 aromatic carbocycles. The van der Waals surface area contributed by atoms with Gasteiger partial charge in [-0.25, -0.2) is 4.79 Å². The maximum atomic E-state index is 11.2. The Kier molecular flexibility index (Phi) is 9.01. The average Bonchev–Trinajstić information content (AvgIpc) is 1.98. The van der Waals surface area contributed by atoms with Crippen molar-refractivity contribution >= 4 is 11.9 Å². The van der Waals surface area contributed by atoms with E-state index in [4.69, 9.17) is 9.84 Å². The van der Waals surface area contributed by atoms with Crippen molar-refractivity contribution in [3.05, 3.63) is 0 Å². The van der Waals surface area contributed by atoms with Gasteiger partial charge in [-0.2, -0.15) is 0 Å². The summed E-state index contributed by atoms with van der Waals surface area (Å²) in [6.45, 7) is 0.287. The number of carboxylic acids is 1. The second kappa shape index (κ2) is 8.27. The Labute approximate surface area is 107 Å². The molecule has 0 rings (SSSR count). The molecule has 0 aliphatic carbocycles. The minimum atomic E-state index is -0.983. The third-order valence-electron chi connectivity index (χ3n) is 1.71. The zero-order valence-electron chi connectivity index (χ0n) is 10.6. The lowest BCUT2D eigenvalue weighted by atomic mass is 10.2. The zero-order valence-corrected chi connectivity index (χ0v) is 11.4. The number of esters is 1. The number of aliphatic carboxylic acids is 1. The molecule has 6 nitrogen and oxygen atoms in total. The second-order valence-electron chi connectivity index (χ2n) is 4.62. The summed E-state index contributed by atoms with van der Waals surface area (Å²) < 4.78 is 10.2. The van der Waals surface area contributed by atoms with Gasteiger partial charge in [0.05, 0.1) is 27.6 Å². The highest BCUT2D eigenvalue weighted by atomic mass is 35.5. The van der Waals surface area contributed by atoms with Crippen LogP contribution in [0.4, 0.5) is 0 Å². The molecule has 0 fully saturated rings. The molecule has 102 valence electrons. The first kappa shape index (κ1) is 18.5. The molecule has 0 bridgehead atoms. The molecule has 0 heterocycles. The highest BCUT2D eigenvalue weighted by Gasteiger charge is 2.24. The Hall–Kier alpha value is -0.850. The molecule has 1 N–H and O–H groups in total. The number of likely N-dealkylation sites (N-methyl/N-ethyl adjacent to an activating group) is 1. The first-order valence-electron chi connectivity index (χ1n) is 4.95. The number of methoxy groups -OCH3 is 1. The molecule has 0 saturated heterocycles. The highest BCUT2D eigenvalue weighted by molar-refractivity contribution is 5.72. The van der Waals surface area contributed by atoms with E-state index in [2.05, 4.69) is 4.74 Å².